The topological polar surface area (TPSA) is 226 Å². The summed E-state index contributed by atoms with van der Waals surface area (Å²) in [6.07, 6.45) is 1.78. The van der Waals surface area contributed by atoms with Gasteiger partial charge in [0.15, 0.2) is 11.4 Å². The van der Waals surface area contributed by atoms with Crippen LogP contribution in [0.15, 0.2) is 23.0 Å². The van der Waals surface area contributed by atoms with Crippen molar-refractivity contribution in [1.29, 1.82) is 0 Å². The van der Waals surface area contributed by atoms with Gasteiger partial charge in [-0.2, -0.15) is 0 Å². The number of ether oxygens (including phenoxy) is 1. The average Bonchev–Trinajstić information content (AvgIpc) is 3.39. The number of nitrogens with one attached hydrogen (secondary N) is 1. The molecule has 0 radical (unpaired) electrons. The lowest BCUT2D eigenvalue weighted by Gasteiger charge is -2.49. The van der Waals surface area contributed by atoms with Crippen molar-refractivity contribution in [1.82, 2.24) is 10.2 Å². The molecule has 13 heteroatoms. The predicted octanol–water partition coefficient (Wildman–Crippen LogP) is -0.357. The molecule has 3 aliphatic carbocycles. The maximum atomic E-state index is 14.0. The Bertz CT molecular complexity index is 1430. The van der Waals surface area contributed by atoms with Crippen molar-refractivity contribution < 1.29 is 44.3 Å². The van der Waals surface area contributed by atoms with Crippen molar-refractivity contribution in [2.75, 3.05) is 26.7 Å². The lowest BCUT2D eigenvalue weighted by molar-refractivity contribution is -0.150. The highest BCUT2D eigenvalue weighted by atomic mass is 16.5. The number of carbonyl (C=O) groups excluding carboxylic acids is 4. The van der Waals surface area contributed by atoms with E-state index in [1.165, 1.54) is 13.2 Å². The summed E-state index contributed by atoms with van der Waals surface area (Å²) in [6, 6.07) is 0.0201. The standard InChI is InChI=1S/C28H34N4O9/c1-3-32-6-4-5-15(32)12-9-16(33)19-13(24(12)41-2)7-11-8-14-21(31-10-17(29)34)23(36)20(27(30)39)26(38)28(14,40)25(37)18(11)22(19)35/h9,11,14-15,21,31,33,35,38,40H,3-8,10H2,1-2H3,(H2,29,34)(H2,30,39)/t11-,14-,15-,21-,28-/m0/s1. The quantitative estimate of drug-likeness (QED) is 0.210. The normalized spacial score (nSPS) is 29.7. The van der Waals surface area contributed by atoms with Crippen LogP contribution in [0.3, 0.4) is 0 Å². The number of hydrogen-bond acceptors (Lipinski definition) is 11. The lowest BCUT2D eigenvalue weighted by Crippen LogP contribution is -2.66. The van der Waals surface area contributed by atoms with E-state index in [4.69, 9.17) is 16.2 Å². The van der Waals surface area contributed by atoms with Gasteiger partial charge in [0.1, 0.15) is 28.6 Å². The van der Waals surface area contributed by atoms with Gasteiger partial charge in [0, 0.05) is 28.7 Å². The minimum absolute atomic E-state index is 0.0237. The van der Waals surface area contributed by atoms with E-state index in [0.717, 1.165) is 31.5 Å². The molecular formula is C28H34N4O9. The molecule has 13 nitrogen and oxygen atoms in total. The third-order valence-corrected chi connectivity index (χ3v) is 9.01. The third-order valence-electron chi connectivity index (χ3n) is 9.01. The molecule has 2 amide bonds. The zero-order valence-electron chi connectivity index (χ0n) is 22.8. The van der Waals surface area contributed by atoms with E-state index in [0.29, 0.717) is 11.3 Å². The minimum atomic E-state index is -2.82. The number of carbonyl (C=O) groups is 4. The molecule has 2 fully saturated rings. The van der Waals surface area contributed by atoms with Crippen molar-refractivity contribution >= 4 is 29.1 Å². The van der Waals surface area contributed by atoms with E-state index in [2.05, 4.69) is 10.2 Å². The van der Waals surface area contributed by atoms with Crippen LogP contribution in [0.1, 0.15) is 48.9 Å². The van der Waals surface area contributed by atoms with Crippen molar-refractivity contribution in [2.45, 2.75) is 50.3 Å². The molecule has 1 heterocycles. The predicted molar refractivity (Wildman–Crippen MR) is 144 cm³/mol. The van der Waals surface area contributed by atoms with Crippen LogP contribution in [0, 0.1) is 11.8 Å². The second-order valence-electron chi connectivity index (χ2n) is 11.0. The number of hydrogen-bond donors (Lipinski definition) is 7. The van der Waals surface area contributed by atoms with E-state index < -0.39 is 70.5 Å². The van der Waals surface area contributed by atoms with E-state index in [1.807, 2.05) is 6.92 Å². The van der Waals surface area contributed by atoms with Crippen LogP contribution >= 0.6 is 0 Å². The molecule has 41 heavy (non-hydrogen) atoms. The fourth-order valence-electron chi connectivity index (χ4n) is 7.24. The SMILES string of the molecule is CCN1CCC[C@H]1c1cc(O)c2c(c1OC)C[C@H]1C[C@H]3[C@H](NCC(N)=O)C(=O)C(C(N)=O)=C(O)[C@@]3(O)C(=O)C1=C2O. The summed E-state index contributed by atoms with van der Waals surface area (Å²) in [4.78, 5) is 53.1. The monoisotopic (exact) mass is 570 g/mol. The number of nitrogens with two attached hydrogens (primary N) is 2. The van der Waals surface area contributed by atoms with Gasteiger partial charge in [0.2, 0.25) is 11.7 Å². The number of benzene rings is 1. The van der Waals surface area contributed by atoms with Crippen molar-refractivity contribution in [2.24, 2.45) is 23.3 Å². The van der Waals surface area contributed by atoms with E-state index in [1.54, 1.807) is 0 Å². The van der Waals surface area contributed by atoms with Gasteiger partial charge in [0.25, 0.3) is 5.91 Å². The Morgan fingerprint density at radius 1 is 1.22 bits per heavy atom. The number of Topliss-reactive ketones (excluding diaryl/α,β-unsaturated/α-hetero) is 2. The molecular weight excluding hydrogens is 536 g/mol. The number of aliphatic hydroxyl groups is 3. The Balaban J connectivity index is 1.68. The number of rotatable bonds is 7. The van der Waals surface area contributed by atoms with Gasteiger partial charge in [-0.05, 0) is 50.8 Å². The zero-order chi connectivity index (χ0) is 30.0. The molecule has 1 aliphatic heterocycles. The van der Waals surface area contributed by atoms with Gasteiger partial charge in [-0.3, -0.25) is 29.4 Å². The van der Waals surface area contributed by atoms with Gasteiger partial charge in [-0.25, -0.2) is 0 Å². The van der Waals surface area contributed by atoms with Crippen LogP contribution in [-0.2, 0) is 25.6 Å². The fraction of sp³-hybridized carbons (Fsp3) is 0.500. The Labute approximate surface area is 235 Å². The van der Waals surface area contributed by atoms with Gasteiger partial charge in [-0.1, -0.05) is 6.92 Å². The number of fused-ring (bicyclic) bond motifs is 3. The first-order valence-corrected chi connectivity index (χ1v) is 13.5. The number of nitrogens with zero attached hydrogens (tertiary/aromatic N) is 1. The number of primary amides is 2. The van der Waals surface area contributed by atoms with Gasteiger partial charge < -0.3 is 36.6 Å². The number of ketones is 2. The van der Waals surface area contributed by atoms with Gasteiger partial charge in [-0.15, -0.1) is 0 Å². The summed E-state index contributed by atoms with van der Waals surface area (Å²) in [5, 5.41) is 47.8. The molecule has 1 saturated heterocycles. The summed E-state index contributed by atoms with van der Waals surface area (Å²) in [5.74, 6) is -8.11. The molecule has 220 valence electrons. The maximum absolute atomic E-state index is 14.0. The maximum Gasteiger partial charge on any atom is 0.255 e. The first-order chi connectivity index (χ1) is 19.4. The molecule has 0 bridgehead atoms. The summed E-state index contributed by atoms with van der Waals surface area (Å²) < 4.78 is 5.82. The molecule has 1 aromatic rings. The molecule has 0 unspecified atom stereocenters. The Morgan fingerprint density at radius 3 is 2.54 bits per heavy atom. The average molecular weight is 571 g/mol. The van der Waals surface area contributed by atoms with Crippen LogP contribution in [0.5, 0.6) is 11.5 Å². The number of aliphatic hydroxyl groups excluding tert-OH is 2. The van der Waals surface area contributed by atoms with E-state index in [-0.39, 0.29) is 35.8 Å². The fourth-order valence-corrected chi connectivity index (χ4v) is 7.24. The summed E-state index contributed by atoms with van der Waals surface area (Å²) in [6.45, 7) is 3.19. The van der Waals surface area contributed by atoms with E-state index >= 15 is 0 Å². The largest absolute Gasteiger partial charge is 0.508 e. The van der Waals surface area contributed by atoms with Crippen molar-refractivity contribution in [3.05, 3.63) is 39.7 Å². The smallest absolute Gasteiger partial charge is 0.255 e. The molecule has 0 aromatic heterocycles. The highest BCUT2D eigenvalue weighted by molar-refractivity contribution is 6.24. The lowest BCUT2D eigenvalue weighted by atomic mass is 9.57. The minimum Gasteiger partial charge on any atom is -0.508 e. The molecule has 5 rings (SSSR count). The van der Waals surface area contributed by atoms with Crippen LogP contribution < -0.4 is 21.5 Å². The zero-order valence-corrected chi connectivity index (χ0v) is 22.8. The molecule has 9 N–H and O–H groups in total. The highest BCUT2D eigenvalue weighted by Crippen LogP contribution is 2.54. The molecule has 4 aliphatic rings. The number of likely N-dealkylation sites (tertiary alicyclic amines) is 1. The molecule has 0 spiro atoms. The van der Waals surface area contributed by atoms with Crippen molar-refractivity contribution in [3.8, 4) is 11.5 Å². The van der Waals surface area contributed by atoms with E-state index in [9.17, 15) is 39.6 Å². The third kappa shape index (κ3) is 4.10. The molecule has 1 aromatic carbocycles. The summed E-state index contributed by atoms with van der Waals surface area (Å²) in [7, 11) is 1.49. The van der Waals surface area contributed by atoms with Gasteiger partial charge >= 0.3 is 0 Å². The van der Waals surface area contributed by atoms with Crippen LogP contribution in [0.4, 0.5) is 0 Å². The Morgan fingerprint density at radius 2 is 1.93 bits per heavy atom. The van der Waals surface area contributed by atoms with Crippen LogP contribution in [0.25, 0.3) is 5.76 Å². The number of methoxy groups -OCH3 is 1. The number of aromatic hydroxyl groups is 1. The summed E-state index contributed by atoms with van der Waals surface area (Å²) in [5.41, 5.74) is 7.67. The van der Waals surface area contributed by atoms with Gasteiger partial charge in [0.05, 0.1) is 25.3 Å². The molecule has 1 saturated carbocycles. The number of amides is 2. The second-order valence-corrected chi connectivity index (χ2v) is 11.0. The Kier molecular flexibility index (Phi) is 7.08. The molecule has 5 atom stereocenters. The Hall–Kier alpha value is -3.94. The van der Waals surface area contributed by atoms with Crippen LogP contribution in [0.2, 0.25) is 0 Å². The first-order valence-electron chi connectivity index (χ1n) is 13.5. The second kappa shape index (κ2) is 10.2. The van der Waals surface area contributed by atoms with Crippen molar-refractivity contribution in [3.63, 3.8) is 0 Å². The summed E-state index contributed by atoms with van der Waals surface area (Å²) >= 11 is 0. The van der Waals surface area contributed by atoms with Crippen LogP contribution in [-0.4, -0.2) is 87.1 Å². The number of phenolic OH excluding ortho intramolecular Hbond substituents is 1. The number of phenols is 1. The first kappa shape index (κ1) is 28.6. The highest BCUT2D eigenvalue weighted by Gasteiger charge is 2.63.